The number of hydrogen-bond donors (Lipinski definition) is 2. The molecular weight excluding hydrogens is 278 g/mol. The van der Waals surface area contributed by atoms with Crippen LogP contribution in [0.2, 0.25) is 0 Å². The van der Waals surface area contributed by atoms with E-state index in [1.165, 1.54) is 16.6 Å². The van der Waals surface area contributed by atoms with Crippen LogP contribution in [0.4, 0.5) is 5.13 Å². The fraction of sp³-hybridized carbons (Fsp3) is 0.231. The molecule has 2 heterocycles. The van der Waals surface area contributed by atoms with Gasteiger partial charge in [-0.1, -0.05) is 18.2 Å². The van der Waals surface area contributed by atoms with Gasteiger partial charge in [-0.2, -0.15) is 0 Å². The predicted octanol–water partition coefficient (Wildman–Crippen LogP) is 2.48. The van der Waals surface area contributed by atoms with Crippen molar-refractivity contribution < 1.29 is 4.79 Å². The van der Waals surface area contributed by atoms with Gasteiger partial charge in [0.1, 0.15) is 0 Å². The van der Waals surface area contributed by atoms with Gasteiger partial charge in [0.25, 0.3) is 0 Å². The Morgan fingerprint density at radius 1 is 1.37 bits per heavy atom. The first kappa shape index (κ1) is 12.7. The molecule has 1 aliphatic heterocycles. The van der Waals surface area contributed by atoms with Crippen molar-refractivity contribution in [3.8, 4) is 0 Å². The van der Waals surface area contributed by atoms with Gasteiger partial charge < -0.3 is 10.6 Å². The van der Waals surface area contributed by atoms with Crippen molar-refractivity contribution in [2.75, 3.05) is 11.1 Å². The molecule has 6 heteroatoms. The number of amides is 1. The zero-order valence-corrected chi connectivity index (χ0v) is 11.8. The minimum absolute atomic E-state index is 0.00534. The number of carbonyl (C=O) groups is 1. The van der Waals surface area contributed by atoms with Gasteiger partial charge in [-0.15, -0.1) is 23.1 Å². The smallest absolute Gasteiger partial charge is 0.236 e. The maximum atomic E-state index is 11.8. The van der Waals surface area contributed by atoms with Crippen molar-refractivity contribution >= 4 is 34.1 Å². The summed E-state index contributed by atoms with van der Waals surface area (Å²) in [4.78, 5) is 18.6. The van der Waals surface area contributed by atoms with Gasteiger partial charge in [0.2, 0.25) is 5.91 Å². The molecule has 0 saturated carbocycles. The zero-order valence-electron chi connectivity index (χ0n) is 10.2. The van der Waals surface area contributed by atoms with Gasteiger partial charge in [-0.25, -0.2) is 4.98 Å². The second-order valence-electron chi connectivity index (χ2n) is 4.14. The minimum atomic E-state index is -0.00534. The van der Waals surface area contributed by atoms with Gasteiger partial charge in [0, 0.05) is 22.9 Å². The molecule has 1 aliphatic rings. The highest BCUT2D eigenvalue weighted by Gasteiger charge is 2.17. The summed E-state index contributed by atoms with van der Waals surface area (Å²) in [6.07, 6.45) is 0. The zero-order chi connectivity index (χ0) is 13.1. The molecule has 3 rings (SSSR count). The lowest BCUT2D eigenvalue weighted by Crippen LogP contribution is -2.14. The van der Waals surface area contributed by atoms with Crippen molar-refractivity contribution in [3.05, 3.63) is 40.9 Å². The van der Waals surface area contributed by atoms with Crippen molar-refractivity contribution in [1.82, 2.24) is 10.3 Å². The van der Waals surface area contributed by atoms with Crippen LogP contribution in [0, 0.1) is 0 Å². The molecule has 0 atom stereocenters. The summed E-state index contributed by atoms with van der Waals surface area (Å²) in [7, 11) is 0. The third-order valence-electron chi connectivity index (χ3n) is 2.72. The summed E-state index contributed by atoms with van der Waals surface area (Å²) < 4.78 is 0. The van der Waals surface area contributed by atoms with E-state index in [1.807, 2.05) is 30.3 Å². The van der Waals surface area contributed by atoms with Crippen LogP contribution in [0.25, 0.3) is 0 Å². The number of anilines is 1. The van der Waals surface area contributed by atoms with Crippen LogP contribution in [-0.2, 0) is 17.9 Å². The Balaban J connectivity index is 1.53. The number of benzene rings is 1. The van der Waals surface area contributed by atoms with Crippen molar-refractivity contribution in [1.29, 1.82) is 0 Å². The second-order valence-corrected chi connectivity index (χ2v) is 6.27. The normalized spacial score (nSPS) is 13.3. The number of nitrogens with one attached hydrogen (secondary N) is 2. The molecule has 1 amide bonds. The maximum absolute atomic E-state index is 11.8. The molecule has 0 radical (unpaired) electrons. The van der Waals surface area contributed by atoms with Gasteiger partial charge in [0.05, 0.1) is 11.4 Å². The second kappa shape index (κ2) is 5.73. The summed E-state index contributed by atoms with van der Waals surface area (Å²) >= 11 is 3.09. The molecule has 0 fully saturated rings. The van der Waals surface area contributed by atoms with Crippen molar-refractivity contribution in [3.63, 3.8) is 0 Å². The van der Waals surface area contributed by atoms with Gasteiger partial charge in [-0.05, 0) is 12.1 Å². The van der Waals surface area contributed by atoms with Crippen LogP contribution in [-0.4, -0.2) is 16.6 Å². The molecule has 19 heavy (non-hydrogen) atoms. The lowest BCUT2D eigenvalue weighted by molar-refractivity contribution is -0.113. The Morgan fingerprint density at radius 2 is 2.21 bits per heavy atom. The van der Waals surface area contributed by atoms with E-state index in [0.717, 1.165) is 23.7 Å². The fourth-order valence-electron chi connectivity index (χ4n) is 1.83. The molecule has 0 spiro atoms. The van der Waals surface area contributed by atoms with E-state index in [9.17, 15) is 4.79 Å². The Labute approximate surface area is 119 Å². The highest BCUT2D eigenvalue weighted by Crippen LogP contribution is 2.26. The fourth-order valence-corrected chi connectivity index (χ4v) is 3.51. The maximum Gasteiger partial charge on any atom is 0.236 e. The Hall–Kier alpha value is -1.37. The SMILES string of the molecule is O=C(CSc1ccccc1)Nc1nc2c(s1)CNC2. The molecule has 0 saturated heterocycles. The van der Waals surface area contributed by atoms with E-state index in [1.54, 1.807) is 11.3 Å². The summed E-state index contributed by atoms with van der Waals surface area (Å²) in [5, 5.41) is 6.80. The molecule has 4 nitrogen and oxygen atoms in total. The molecule has 2 aromatic rings. The van der Waals surface area contributed by atoms with Crippen molar-refractivity contribution in [2.45, 2.75) is 18.0 Å². The number of hydrogen-bond acceptors (Lipinski definition) is 5. The Bertz CT molecular complexity index is 561. The molecule has 0 unspecified atom stereocenters. The van der Waals surface area contributed by atoms with E-state index in [0.29, 0.717) is 10.9 Å². The third-order valence-corrected chi connectivity index (χ3v) is 4.74. The Kier molecular flexibility index (Phi) is 3.82. The Morgan fingerprint density at radius 3 is 3.00 bits per heavy atom. The van der Waals surface area contributed by atoms with Crippen LogP contribution < -0.4 is 10.6 Å². The predicted molar refractivity (Wildman–Crippen MR) is 78.5 cm³/mol. The lowest BCUT2D eigenvalue weighted by Gasteiger charge is -2.02. The van der Waals surface area contributed by atoms with Crippen molar-refractivity contribution in [2.24, 2.45) is 0 Å². The number of thiazole rings is 1. The van der Waals surface area contributed by atoms with E-state index >= 15 is 0 Å². The number of carbonyl (C=O) groups excluding carboxylic acids is 1. The van der Waals surface area contributed by atoms with E-state index in [2.05, 4.69) is 15.6 Å². The van der Waals surface area contributed by atoms with E-state index < -0.39 is 0 Å². The van der Waals surface area contributed by atoms with Crippen LogP contribution in [0.5, 0.6) is 0 Å². The van der Waals surface area contributed by atoms with Gasteiger partial charge in [-0.3, -0.25) is 4.79 Å². The average molecular weight is 291 g/mol. The summed E-state index contributed by atoms with van der Waals surface area (Å²) in [5.41, 5.74) is 1.07. The largest absolute Gasteiger partial charge is 0.306 e. The van der Waals surface area contributed by atoms with Crippen LogP contribution in [0.3, 0.4) is 0 Å². The quantitative estimate of drug-likeness (QED) is 0.850. The highest BCUT2D eigenvalue weighted by molar-refractivity contribution is 8.00. The lowest BCUT2D eigenvalue weighted by atomic mass is 10.4. The van der Waals surface area contributed by atoms with Gasteiger partial charge >= 0.3 is 0 Å². The summed E-state index contributed by atoms with van der Waals surface area (Å²) in [5.74, 6) is 0.404. The molecule has 98 valence electrons. The molecule has 2 N–H and O–H groups in total. The van der Waals surface area contributed by atoms with Gasteiger partial charge in [0.15, 0.2) is 5.13 Å². The first-order valence-electron chi connectivity index (χ1n) is 5.98. The first-order chi connectivity index (χ1) is 9.31. The monoisotopic (exact) mass is 291 g/mol. The molecular formula is C13H13N3OS2. The molecule has 0 aliphatic carbocycles. The summed E-state index contributed by atoms with van der Waals surface area (Å²) in [6, 6.07) is 9.91. The number of nitrogens with zero attached hydrogens (tertiary/aromatic N) is 1. The van der Waals surface area contributed by atoms with Crippen LogP contribution >= 0.6 is 23.1 Å². The standard InChI is InChI=1S/C13H13N3OS2/c17-12(8-18-9-4-2-1-3-5-9)16-13-15-10-6-14-7-11(10)19-13/h1-5,14H,6-8H2,(H,15,16,17). The number of rotatable bonds is 4. The minimum Gasteiger partial charge on any atom is -0.306 e. The van der Waals surface area contributed by atoms with Crippen LogP contribution in [0.1, 0.15) is 10.6 Å². The number of aromatic nitrogens is 1. The number of fused-ring (bicyclic) bond motifs is 1. The molecule has 0 bridgehead atoms. The summed E-state index contributed by atoms with van der Waals surface area (Å²) in [6.45, 7) is 1.67. The topological polar surface area (TPSA) is 54.0 Å². The third kappa shape index (κ3) is 3.15. The molecule has 1 aromatic carbocycles. The van der Waals surface area contributed by atoms with E-state index in [-0.39, 0.29) is 5.91 Å². The molecule has 1 aromatic heterocycles. The van der Waals surface area contributed by atoms with E-state index in [4.69, 9.17) is 0 Å². The number of thioether (sulfide) groups is 1. The average Bonchev–Trinajstić information content (AvgIpc) is 2.98. The van der Waals surface area contributed by atoms with Crippen LogP contribution in [0.15, 0.2) is 35.2 Å². The highest BCUT2D eigenvalue weighted by atomic mass is 32.2. The first-order valence-corrected chi connectivity index (χ1v) is 7.78.